The fourth-order valence-corrected chi connectivity index (χ4v) is 2.07. The monoisotopic (exact) mass is 172 g/mol. The molecule has 1 aliphatic rings. The molecule has 12 heavy (non-hydrogen) atoms. The molecule has 0 aliphatic heterocycles. The second-order valence-corrected chi connectivity index (χ2v) is 5.14. The summed E-state index contributed by atoms with van der Waals surface area (Å²) in [6, 6.07) is 0. The van der Waals surface area contributed by atoms with Crippen LogP contribution in [0.25, 0.3) is 0 Å². The summed E-state index contributed by atoms with van der Waals surface area (Å²) < 4.78 is 0. The summed E-state index contributed by atoms with van der Waals surface area (Å²) in [6.07, 6.45) is 2.72. The Morgan fingerprint density at radius 3 is 1.92 bits per heavy atom. The first kappa shape index (κ1) is 10.0. The van der Waals surface area contributed by atoms with E-state index in [-0.39, 0.29) is 23.5 Å². The molecule has 0 radical (unpaired) electrons. The van der Waals surface area contributed by atoms with Gasteiger partial charge in [0.1, 0.15) is 0 Å². The first-order valence-corrected chi connectivity index (χ1v) is 4.71. The lowest BCUT2D eigenvalue weighted by Crippen LogP contribution is -2.50. The maximum Gasteiger partial charge on any atom is 0.0666 e. The van der Waals surface area contributed by atoms with Crippen LogP contribution in [0.2, 0.25) is 0 Å². The van der Waals surface area contributed by atoms with Gasteiger partial charge in [-0.3, -0.25) is 0 Å². The van der Waals surface area contributed by atoms with E-state index in [1.165, 1.54) is 0 Å². The lowest BCUT2D eigenvalue weighted by atomic mass is 9.60. The van der Waals surface area contributed by atoms with Gasteiger partial charge in [0.25, 0.3) is 0 Å². The molecule has 0 saturated heterocycles. The molecular formula is C10H20O2. The third-order valence-electron chi connectivity index (χ3n) is 3.06. The molecule has 0 aromatic rings. The third-order valence-corrected chi connectivity index (χ3v) is 3.06. The zero-order chi connectivity index (χ0) is 9.41. The van der Waals surface area contributed by atoms with Crippen molar-refractivity contribution in [2.24, 2.45) is 10.8 Å². The molecule has 72 valence electrons. The molecule has 1 unspecified atom stereocenters. The molecule has 1 rings (SSSR count). The van der Waals surface area contributed by atoms with Crippen LogP contribution in [0, 0.1) is 10.8 Å². The van der Waals surface area contributed by atoms with Crippen molar-refractivity contribution >= 4 is 0 Å². The fourth-order valence-electron chi connectivity index (χ4n) is 2.07. The van der Waals surface area contributed by atoms with Gasteiger partial charge in [-0.1, -0.05) is 27.2 Å². The van der Waals surface area contributed by atoms with Crippen molar-refractivity contribution in [3.63, 3.8) is 0 Å². The van der Waals surface area contributed by atoms with E-state index in [1.54, 1.807) is 0 Å². The smallest absolute Gasteiger partial charge is 0.0666 e. The highest BCUT2D eigenvalue weighted by molar-refractivity contribution is 4.97. The van der Waals surface area contributed by atoms with Gasteiger partial charge in [0.05, 0.1) is 12.7 Å². The van der Waals surface area contributed by atoms with Crippen LogP contribution in [-0.4, -0.2) is 22.9 Å². The first-order chi connectivity index (χ1) is 5.42. The topological polar surface area (TPSA) is 40.5 Å². The average molecular weight is 172 g/mol. The van der Waals surface area contributed by atoms with Crippen LogP contribution >= 0.6 is 0 Å². The summed E-state index contributed by atoms with van der Waals surface area (Å²) in [5.41, 5.74) is -0.290. The van der Waals surface area contributed by atoms with Crippen LogP contribution in [0.15, 0.2) is 0 Å². The van der Waals surface area contributed by atoms with Crippen molar-refractivity contribution < 1.29 is 10.2 Å². The van der Waals surface area contributed by atoms with Gasteiger partial charge in [0.2, 0.25) is 0 Å². The molecule has 0 aromatic carbocycles. The SMILES string of the molecule is CC(C)(C)C(O)C1(CO)CCC1. The van der Waals surface area contributed by atoms with Gasteiger partial charge in [0.15, 0.2) is 0 Å². The summed E-state index contributed by atoms with van der Waals surface area (Å²) >= 11 is 0. The van der Waals surface area contributed by atoms with Crippen LogP contribution in [0.4, 0.5) is 0 Å². The zero-order valence-corrected chi connectivity index (χ0v) is 8.30. The van der Waals surface area contributed by atoms with E-state index in [1.807, 2.05) is 20.8 Å². The molecule has 0 spiro atoms. The number of aliphatic hydroxyl groups is 2. The zero-order valence-electron chi connectivity index (χ0n) is 8.30. The molecule has 1 aliphatic carbocycles. The standard InChI is InChI=1S/C10H20O2/c1-9(2,3)8(12)10(7-11)5-4-6-10/h8,11-12H,4-7H2,1-3H3. The van der Waals surface area contributed by atoms with Crippen molar-refractivity contribution in [3.05, 3.63) is 0 Å². The molecule has 0 aromatic heterocycles. The second kappa shape index (κ2) is 3.00. The van der Waals surface area contributed by atoms with Gasteiger partial charge in [-0.05, 0) is 18.3 Å². The highest BCUT2D eigenvalue weighted by atomic mass is 16.3. The van der Waals surface area contributed by atoms with Gasteiger partial charge in [-0.15, -0.1) is 0 Å². The van der Waals surface area contributed by atoms with E-state index in [4.69, 9.17) is 0 Å². The summed E-state index contributed by atoms with van der Waals surface area (Å²) in [7, 11) is 0. The molecule has 1 atom stereocenters. The van der Waals surface area contributed by atoms with E-state index < -0.39 is 0 Å². The molecule has 2 heteroatoms. The second-order valence-electron chi connectivity index (χ2n) is 5.14. The Morgan fingerprint density at radius 1 is 1.33 bits per heavy atom. The Balaban J connectivity index is 2.67. The van der Waals surface area contributed by atoms with Crippen LogP contribution in [-0.2, 0) is 0 Å². The third kappa shape index (κ3) is 1.50. The van der Waals surface area contributed by atoms with Gasteiger partial charge < -0.3 is 10.2 Å². The first-order valence-electron chi connectivity index (χ1n) is 4.71. The Morgan fingerprint density at radius 2 is 1.83 bits per heavy atom. The summed E-state index contributed by atoms with van der Waals surface area (Å²) in [5, 5.41) is 19.2. The van der Waals surface area contributed by atoms with E-state index in [2.05, 4.69) is 0 Å². The molecule has 1 fully saturated rings. The lowest BCUT2D eigenvalue weighted by Gasteiger charge is -2.48. The Labute approximate surface area is 74.6 Å². The Kier molecular flexibility index (Phi) is 2.50. The van der Waals surface area contributed by atoms with Crippen LogP contribution in [0.3, 0.4) is 0 Å². The van der Waals surface area contributed by atoms with E-state index >= 15 is 0 Å². The van der Waals surface area contributed by atoms with Gasteiger partial charge in [-0.25, -0.2) is 0 Å². The van der Waals surface area contributed by atoms with Crippen molar-refractivity contribution in [3.8, 4) is 0 Å². The van der Waals surface area contributed by atoms with Crippen LogP contribution in [0.5, 0.6) is 0 Å². The van der Waals surface area contributed by atoms with Gasteiger partial charge in [-0.2, -0.15) is 0 Å². The molecule has 2 nitrogen and oxygen atoms in total. The van der Waals surface area contributed by atoms with Crippen LogP contribution in [0.1, 0.15) is 40.0 Å². The summed E-state index contributed by atoms with van der Waals surface area (Å²) in [5.74, 6) is 0. The molecule has 0 bridgehead atoms. The average Bonchev–Trinajstić information content (AvgIpc) is 1.84. The number of hydrogen-bond acceptors (Lipinski definition) is 2. The predicted molar refractivity (Wildman–Crippen MR) is 48.8 cm³/mol. The fraction of sp³-hybridized carbons (Fsp3) is 1.00. The quantitative estimate of drug-likeness (QED) is 0.663. The predicted octanol–water partition coefficient (Wildman–Crippen LogP) is 1.56. The number of aliphatic hydroxyl groups excluding tert-OH is 2. The van der Waals surface area contributed by atoms with E-state index in [9.17, 15) is 10.2 Å². The van der Waals surface area contributed by atoms with Crippen molar-refractivity contribution in [2.75, 3.05) is 6.61 Å². The van der Waals surface area contributed by atoms with E-state index in [0.29, 0.717) is 0 Å². The van der Waals surface area contributed by atoms with Gasteiger partial charge in [0, 0.05) is 5.41 Å². The Bertz CT molecular complexity index is 148. The number of hydrogen-bond donors (Lipinski definition) is 2. The normalized spacial score (nSPS) is 24.8. The van der Waals surface area contributed by atoms with Crippen molar-refractivity contribution in [2.45, 2.75) is 46.1 Å². The molecule has 0 amide bonds. The molecular weight excluding hydrogens is 152 g/mol. The van der Waals surface area contributed by atoms with E-state index in [0.717, 1.165) is 19.3 Å². The van der Waals surface area contributed by atoms with Crippen molar-refractivity contribution in [1.82, 2.24) is 0 Å². The molecule has 2 N–H and O–H groups in total. The van der Waals surface area contributed by atoms with Crippen LogP contribution < -0.4 is 0 Å². The van der Waals surface area contributed by atoms with Gasteiger partial charge >= 0.3 is 0 Å². The molecule has 0 heterocycles. The summed E-state index contributed by atoms with van der Waals surface area (Å²) in [4.78, 5) is 0. The minimum absolute atomic E-state index is 0.108. The summed E-state index contributed by atoms with van der Waals surface area (Å²) in [6.45, 7) is 6.19. The highest BCUT2D eigenvalue weighted by Gasteiger charge is 2.47. The van der Waals surface area contributed by atoms with Crippen molar-refractivity contribution in [1.29, 1.82) is 0 Å². The highest BCUT2D eigenvalue weighted by Crippen LogP contribution is 2.48. The maximum absolute atomic E-state index is 10.00. The maximum atomic E-state index is 10.00. The molecule has 1 saturated carbocycles. The minimum atomic E-state index is -0.372. The number of rotatable bonds is 2. The Hall–Kier alpha value is -0.0800. The lowest BCUT2D eigenvalue weighted by molar-refractivity contribution is -0.118. The largest absolute Gasteiger partial charge is 0.396 e. The minimum Gasteiger partial charge on any atom is -0.396 e.